The fraction of sp³-hybridized carbons (Fsp3) is 0.167. The van der Waals surface area contributed by atoms with Crippen LogP contribution in [-0.4, -0.2) is 23.5 Å². The SMILES string of the molecule is CCc1cccc(NC(=O)CN2C(=O)C(O)(c3cccc(F)c3)c3ccccc32)c1. The predicted octanol–water partition coefficient (Wildman–Crippen LogP) is 3.61. The molecule has 0 bridgehead atoms. The lowest BCUT2D eigenvalue weighted by Crippen LogP contribution is -2.44. The van der Waals surface area contributed by atoms with Gasteiger partial charge in [-0.1, -0.05) is 49.4 Å². The highest BCUT2D eigenvalue weighted by molar-refractivity contribution is 6.12. The summed E-state index contributed by atoms with van der Waals surface area (Å²) in [6.07, 6.45) is 0.836. The molecule has 3 aromatic carbocycles. The topological polar surface area (TPSA) is 69.6 Å². The highest BCUT2D eigenvalue weighted by Crippen LogP contribution is 2.44. The van der Waals surface area contributed by atoms with Crippen LogP contribution in [0.1, 0.15) is 23.6 Å². The van der Waals surface area contributed by atoms with Crippen molar-refractivity contribution in [2.45, 2.75) is 18.9 Å². The average Bonchev–Trinajstić information content (AvgIpc) is 2.97. The van der Waals surface area contributed by atoms with Crippen LogP contribution in [0.15, 0.2) is 72.8 Å². The van der Waals surface area contributed by atoms with Gasteiger partial charge in [0.1, 0.15) is 12.4 Å². The van der Waals surface area contributed by atoms with E-state index in [0.717, 1.165) is 18.1 Å². The Morgan fingerprint density at radius 2 is 1.83 bits per heavy atom. The number of carbonyl (C=O) groups excluding carboxylic acids is 2. The van der Waals surface area contributed by atoms with Crippen LogP contribution in [-0.2, 0) is 21.6 Å². The van der Waals surface area contributed by atoms with Crippen molar-refractivity contribution in [1.82, 2.24) is 0 Å². The third-order valence-corrected chi connectivity index (χ3v) is 5.30. The molecule has 1 aliphatic rings. The Hall–Kier alpha value is -3.51. The molecule has 0 aromatic heterocycles. The van der Waals surface area contributed by atoms with Crippen molar-refractivity contribution in [2.75, 3.05) is 16.8 Å². The van der Waals surface area contributed by atoms with Crippen molar-refractivity contribution in [3.63, 3.8) is 0 Å². The highest BCUT2D eigenvalue weighted by Gasteiger charge is 2.51. The van der Waals surface area contributed by atoms with Gasteiger partial charge in [-0.3, -0.25) is 14.5 Å². The van der Waals surface area contributed by atoms with E-state index in [1.54, 1.807) is 30.3 Å². The fourth-order valence-corrected chi connectivity index (χ4v) is 3.80. The van der Waals surface area contributed by atoms with Crippen molar-refractivity contribution in [2.24, 2.45) is 0 Å². The lowest BCUT2D eigenvalue weighted by Gasteiger charge is -2.23. The van der Waals surface area contributed by atoms with Crippen molar-refractivity contribution in [1.29, 1.82) is 0 Å². The number of benzene rings is 3. The molecule has 1 unspecified atom stereocenters. The lowest BCUT2D eigenvalue weighted by atomic mass is 9.87. The van der Waals surface area contributed by atoms with Crippen molar-refractivity contribution < 1.29 is 19.1 Å². The highest BCUT2D eigenvalue weighted by atomic mass is 19.1. The van der Waals surface area contributed by atoms with E-state index in [9.17, 15) is 19.1 Å². The second-order valence-corrected chi connectivity index (χ2v) is 7.23. The second kappa shape index (κ2) is 7.72. The van der Waals surface area contributed by atoms with E-state index < -0.39 is 23.2 Å². The summed E-state index contributed by atoms with van der Waals surface area (Å²) in [5, 5.41) is 14.2. The molecule has 0 aliphatic carbocycles. The molecule has 0 radical (unpaired) electrons. The van der Waals surface area contributed by atoms with Crippen molar-refractivity contribution >= 4 is 23.2 Å². The molecular formula is C24H21FN2O3. The van der Waals surface area contributed by atoms with Gasteiger partial charge >= 0.3 is 0 Å². The molecule has 2 N–H and O–H groups in total. The van der Waals surface area contributed by atoms with E-state index in [1.165, 1.54) is 23.1 Å². The number of hydrogen-bond donors (Lipinski definition) is 2. The first-order valence-corrected chi connectivity index (χ1v) is 9.72. The summed E-state index contributed by atoms with van der Waals surface area (Å²) in [5.74, 6) is -1.64. The second-order valence-electron chi connectivity index (χ2n) is 7.23. The average molecular weight is 404 g/mol. The Balaban J connectivity index is 1.64. The van der Waals surface area contributed by atoms with Crippen LogP contribution in [0.3, 0.4) is 0 Å². The minimum absolute atomic E-state index is 0.124. The van der Waals surface area contributed by atoms with Gasteiger partial charge in [-0.25, -0.2) is 4.39 Å². The number of nitrogens with one attached hydrogen (secondary N) is 1. The molecule has 1 atom stereocenters. The monoisotopic (exact) mass is 404 g/mol. The number of halogens is 1. The summed E-state index contributed by atoms with van der Waals surface area (Å²) in [7, 11) is 0. The van der Waals surface area contributed by atoms with Gasteiger partial charge in [0.2, 0.25) is 5.91 Å². The molecule has 5 nitrogen and oxygen atoms in total. The maximum Gasteiger partial charge on any atom is 0.268 e. The van der Waals surface area contributed by atoms with Crippen LogP contribution in [0.2, 0.25) is 0 Å². The number of anilines is 2. The van der Waals surface area contributed by atoms with E-state index >= 15 is 0 Å². The van der Waals surface area contributed by atoms with E-state index in [0.29, 0.717) is 16.9 Å². The van der Waals surface area contributed by atoms with Crippen LogP contribution < -0.4 is 10.2 Å². The van der Waals surface area contributed by atoms with E-state index in [4.69, 9.17) is 0 Å². The molecule has 4 rings (SSSR count). The van der Waals surface area contributed by atoms with Crippen LogP contribution in [0.25, 0.3) is 0 Å². The zero-order valence-electron chi connectivity index (χ0n) is 16.4. The first-order chi connectivity index (χ1) is 14.4. The molecule has 0 spiro atoms. The Morgan fingerprint density at radius 3 is 2.60 bits per heavy atom. The molecular weight excluding hydrogens is 383 g/mol. The number of fused-ring (bicyclic) bond motifs is 1. The number of rotatable bonds is 5. The summed E-state index contributed by atoms with van der Waals surface area (Å²) >= 11 is 0. The maximum atomic E-state index is 13.8. The van der Waals surface area contributed by atoms with Crippen molar-refractivity contribution in [3.8, 4) is 0 Å². The molecule has 2 amide bonds. The lowest BCUT2D eigenvalue weighted by molar-refractivity contribution is -0.133. The van der Waals surface area contributed by atoms with Gasteiger partial charge < -0.3 is 10.4 Å². The number of carbonyl (C=O) groups is 2. The number of para-hydroxylation sites is 1. The quantitative estimate of drug-likeness (QED) is 0.683. The first kappa shape index (κ1) is 19.8. The smallest absolute Gasteiger partial charge is 0.268 e. The number of amides is 2. The van der Waals surface area contributed by atoms with Gasteiger partial charge in [0, 0.05) is 16.8 Å². The van der Waals surface area contributed by atoms with Crippen LogP contribution >= 0.6 is 0 Å². The normalized spacial score (nSPS) is 17.7. The first-order valence-electron chi connectivity index (χ1n) is 9.72. The molecule has 0 saturated heterocycles. The zero-order valence-corrected chi connectivity index (χ0v) is 16.4. The van der Waals surface area contributed by atoms with Crippen molar-refractivity contribution in [3.05, 3.63) is 95.3 Å². The van der Waals surface area contributed by atoms with E-state index in [2.05, 4.69) is 5.32 Å². The number of hydrogen-bond acceptors (Lipinski definition) is 3. The minimum Gasteiger partial charge on any atom is -0.372 e. The van der Waals surface area contributed by atoms with Gasteiger partial charge in [0.15, 0.2) is 5.60 Å². The number of nitrogens with zero attached hydrogens (tertiary/aromatic N) is 1. The Bertz CT molecular complexity index is 1130. The van der Waals surface area contributed by atoms with Crippen LogP contribution in [0.4, 0.5) is 15.8 Å². The van der Waals surface area contributed by atoms with Crippen LogP contribution in [0, 0.1) is 5.82 Å². The standard InChI is InChI=1S/C24H21FN2O3/c1-2-16-7-5-10-19(13-16)26-22(28)15-27-21-12-4-3-11-20(21)24(30,23(27)29)17-8-6-9-18(25)14-17/h3-14,30H,2,15H2,1H3,(H,26,28). The third kappa shape index (κ3) is 3.35. The Labute approximate surface area is 173 Å². The summed E-state index contributed by atoms with van der Waals surface area (Å²) < 4.78 is 13.8. The van der Waals surface area contributed by atoms with Gasteiger partial charge in [-0.05, 0) is 42.3 Å². The largest absolute Gasteiger partial charge is 0.372 e. The molecule has 1 aliphatic heterocycles. The third-order valence-electron chi connectivity index (χ3n) is 5.30. The molecule has 6 heteroatoms. The van der Waals surface area contributed by atoms with E-state index in [-0.39, 0.29) is 12.1 Å². The predicted molar refractivity (Wildman–Crippen MR) is 113 cm³/mol. The van der Waals surface area contributed by atoms with Gasteiger partial charge in [0.25, 0.3) is 5.91 Å². The Morgan fingerprint density at radius 1 is 1.07 bits per heavy atom. The Kier molecular flexibility index (Phi) is 5.10. The van der Waals surface area contributed by atoms with Gasteiger partial charge in [-0.2, -0.15) is 0 Å². The summed E-state index contributed by atoms with van der Waals surface area (Å²) in [5.41, 5.74) is 0.531. The summed E-state index contributed by atoms with van der Waals surface area (Å²) in [6.45, 7) is 1.75. The summed E-state index contributed by atoms with van der Waals surface area (Å²) in [6, 6.07) is 19.5. The fourth-order valence-electron chi connectivity index (χ4n) is 3.80. The molecule has 0 fully saturated rings. The molecule has 30 heavy (non-hydrogen) atoms. The molecule has 1 heterocycles. The molecule has 3 aromatic rings. The molecule has 152 valence electrons. The van der Waals surface area contributed by atoms with Gasteiger partial charge in [-0.15, -0.1) is 0 Å². The summed E-state index contributed by atoms with van der Waals surface area (Å²) in [4.78, 5) is 27.2. The number of aryl methyl sites for hydroxylation is 1. The van der Waals surface area contributed by atoms with Gasteiger partial charge in [0.05, 0.1) is 5.69 Å². The number of aliphatic hydroxyl groups is 1. The maximum absolute atomic E-state index is 13.8. The molecule has 0 saturated carbocycles. The zero-order chi connectivity index (χ0) is 21.3. The minimum atomic E-state index is -2.05. The van der Waals surface area contributed by atoms with Crippen LogP contribution in [0.5, 0.6) is 0 Å². The van der Waals surface area contributed by atoms with E-state index in [1.807, 2.05) is 25.1 Å².